The van der Waals surface area contributed by atoms with Gasteiger partial charge in [0.15, 0.2) is 0 Å². The first-order valence-electron chi connectivity index (χ1n) is 9.14. The lowest BCUT2D eigenvalue weighted by molar-refractivity contribution is -0.138. The molecular formula is C21H25N3O3. The van der Waals surface area contributed by atoms with E-state index in [1.165, 1.54) is 0 Å². The van der Waals surface area contributed by atoms with Crippen LogP contribution in [-0.4, -0.2) is 44.9 Å². The number of carbonyl (C=O) groups is 2. The van der Waals surface area contributed by atoms with E-state index >= 15 is 0 Å². The fourth-order valence-corrected chi connectivity index (χ4v) is 3.42. The van der Waals surface area contributed by atoms with Crippen molar-refractivity contribution in [2.24, 2.45) is 5.41 Å². The number of hydrogen-bond acceptors (Lipinski definition) is 4. The van der Waals surface area contributed by atoms with E-state index in [1.54, 1.807) is 18.2 Å². The van der Waals surface area contributed by atoms with Crippen LogP contribution in [0.5, 0.6) is 0 Å². The second-order valence-electron chi connectivity index (χ2n) is 8.10. The summed E-state index contributed by atoms with van der Waals surface area (Å²) in [4.78, 5) is 34.8. The Morgan fingerprint density at radius 1 is 1.19 bits per heavy atom. The molecule has 1 amide bonds. The number of rotatable bonds is 3. The Morgan fingerprint density at radius 2 is 1.93 bits per heavy atom. The molecule has 0 aliphatic carbocycles. The molecule has 1 saturated heterocycles. The maximum Gasteiger partial charge on any atom is 0.335 e. The van der Waals surface area contributed by atoms with Crippen LogP contribution in [0, 0.1) is 12.3 Å². The SMILES string of the molecule is Cc1nc(-c2cccc(C(=O)O)c2)cc([C@H]2CCN(C(=O)C(C)(C)C)C2)n1. The number of carboxylic acids is 1. The molecule has 1 aromatic heterocycles. The van der Waals surface area contributed by atoms with Crippen molar-refractivity contribution in [1.82, 2.24) is 14.9 Å². The summed E-state index contributed by atoms with van der Waals surface area (Å²) < 4.78 is 0. The van der Waals surface area contributed by atoms with Crippen molar-refractivity contribution in [2.75, 3.05) is 13.1 Å². The van der Waals surface area contributed by atoms with Crippen LogP contribution in [0.2, 0.25) is 0 Å². The zero-order valence-corrected chi connectivity index (χ0v) is 16.2. The number of aromatic carboxylic acids is 1. The molecule has 1 fully saturated rings. The van der Waals surface area contributed by atoms with Gasteiger partial charge >= 0.3 is 5.97 Å². The molecule has 142 valence electrons. The van der Waals surface area contributed by atoms with E-state index in [0.717, 1.165) is 24.2 Å². The zero-order chi connectivity index (χ0) is 19.8. The van der Waals surface area contributed by atoms with Gasteiger partial charge in [-0.3, -0.25) is 4.79 Å². The maximum atomic E-state index is 12.5. The minimum Gasteiger partial charge on any atom is -0.478 e. The molecule has 1 atom stereocenters. The van der Waals surface area contributed by atoms with Gasteiger partial charge in [-0.1, -0.05) is 32.9 Å². The Bertz CT molecular complexity index is 886. The highest BCUT2D eigenvalue weighted by Crippen LogP contribution is 2.31. The van der Waals surface area contributed by atoms with E-state index in [4.69, 9.17) is 0 Å². The van der Waals surface area contributed by atoms with E-state index < -0.39 is 5.97 Å². The number of hydrogen-bond donors (Lipinski definition) is 1. The molecule has 6 nitrogen and oxygen atoms in total. The second kappa shape index (κ2) is 7.10. The van der Waals surface area contributed by atoms with Crippen LogP contribution >= 0.6 is 0 Å². The maximum absolute atomic E-state index is 12.5. The van der Waals surface area contributed by atoms with E-state index in [1.807, 2.05) is 44.7 Å². The first-order chi connectivity index (χ1) is 12.6. The highest BCUT2D eigenvalue weighted by Gasteiger charge is 2.34. The van der Waals surface area contributed by atoms with Crippen molar-refractivity contribution >= 4 is 11.9 Å². The number of benzene rings is 1. The lowest BCUT2D eigenvalue weighted by Crippen LogP contribution is -2.37. The van der Waals surface area contributed by atoms with Crippen molar-refractivity contribution < 1.29 is 14.7 Å². The number of aromatic nitrogens is 2. The van der Waals surface area contributed by atoms with Gasteiger partial charge in [-0.2, -0.15) is 0 Å². The minimum absolute atomic E-state index is 0.158. The average molecular weight is 367 g/mol. The summed E-state index contributed by atoms with van der Waals surface area (Å²) in [6.07, 6.45) is 0.868. The van der Waals surface area contributed by atoms with Crippen molar-refractivity contribution in [3.05, 3.63) is 47.4 Å². The normalized spacial score (nSPS) is 17.2. The van der Waals surface area contributed by atoms with Gasteiger partial charge in [0, 0.05) is 35.7 Å². The average Bonchev–Trinajstić information content (AvgIpc) is 3.09. The molecular weight excluding hydrogens is 342 g/mol. The number of carbonyl (C=O) groups excluding carboxylic acids is 1. The van der Waals surface area contributed by atoms with Gasteiger partial charge < -0.3 is 10.0 Å². The molecule has 2 aromatic rings. The Hall–Kier alpha value is -2.76. The molecule has 1 aromatic carbocycles. The monoisotopic (exact) mass is 367 g/mol. The van der Waals surface area contributed by atoms with Crippen LogP contribution in [0.25, 0.3) is 11.3 Å². The van der Waals surface area contributed by atoms with Gasteiger partial charge in [0.2, 0.25) is 5.91 Å². The molecule has 0 radical (unpaired) electrons. The fourth-order valence-electron chi connectivity index (χ4n) is 3.42. The molecule has 27 heavy (non-hydrogen) atoms. The Balaban J connectivity index is 1.88. The smallest absolute Gasteiger partial charge is 0.335 e. The van der Waals surface area contributed by atoms with E-state index in [0.29, 0.717) is 18.1 Å². The molecule has 0 bridgehead atoms. The first kappa shape index (κ1) is 19.0. The van der Waals surface area contributed by atoms with Crippen molar-refractivity contribution in [2.45, 2.75) is 40.0 Å². The van der Waals surface area contributed by atoms with Gasteiger partial charge in [-0.15, -0.1) is 0 Å². The number of nitrogens with zero attached hydrogens (tertiary/aromatic N) is 3. The lowest BCUT2D eigenvalue weighted by atomic mass is 9.95. The summed E-state index contributed by atoms with van der Waals surface area (Å²) in [5.41, 5.74) is 2.21. The quantitative estimate of drug-likeness (QED) is 0.897. The van der Waals surface area contributed by atoms with Gasteiger partial charge in [0.05, 0.1) is 11.3 Å². The van der Waals surface area contributed by atoms with Crippen molar-refractivity contribution in [1.29, 1.82) is 0 Å². The molecule has 3 rings (SSSR count). The third kappa shape index (κ3) is 4.15. The van der Waals surface area contributed by atoms with Crippen LogP contribution in [0.15, 0.2) is 30.3 Å². The molecule has 2 heterocycles. The third-order valence-corrected chi connectivity index (χ3v) is 4.80. The first-order valence-corrected chi connectivity index (χ1v) is 9.14. The summed E-state index contributed by atoms with van der Waals surface area (Å²) in [6, 6.07) is 8.67. The summed E-state index contributed by atoms with van der Waals surface area (Å²) in [5, 5.41) is 9.21. The van der Waals surface area contributed by atoms with Gasteiger partial charge in [-0.25, -0.2) is 14.8 Å². The number of likely N-dealkylation sites (tertiary alicyclic amines) is 1. The van der Waals surface area contributed by atoms with Crippen LogP contribution in [0.4, 0.5) is 0 Å². The lowest BCUT2D eigenvalue weighted by Gasteiger charge is -2.25. The molecule has 1 aliphatic heterocycles. The van der Waals surface area contributed by atoms with Crippen LogP contribution < -0.4 is 0 Å². The molecule has 1 aliphatic rings. The number of carboxylic acid groups (broad SMARTS) is 1. The molecule has 0 unspecified atom stereocenters. The van der Waals surface area contributed by atoms with E-state index in [-0.39, 0.29) is 22.8 Å². The third-order valence-electron chi connectivity index (χ3n) is 4.80. The second-order valence-corrected chi connectivity index (χ2v) is 8.10. The van der Waals surface area contributed by atoms with Crippen molar-refractivity contribution in [3.63, 3.8) is 0 Å². The molecule has 0 spiro atoms. The highest BCUT2D eigenvalue weighted by molar-refractivity contribution is 5.89. The Labute approximate surface area is 159 Å². The van der Waals surface area contributed by atoms with E-state index in [2.05, 4.69) is 9.97 Å². The van der Waals surface area contributed by atoms with Crippen LogP contribution in [-0.2, 0) is 4.79 Å². The summed E-state index contributed by atoms with van der Waals surface area (Å²) >= 11 is 0. The summed E-state index contributed by atoms with van der Waals surface area (Å²) in [5.74, 6) is 0.00312. The predicted molar refractivity (Wildman–Crippen MR) is 103 cm³/mol. The molecule has 0 saturated carbocycles. The number of aryl methyl sites for hydroxylation is 1. The highest BCUT2D eigenvalue weighted by atomic mass is 16.4. The summed E-state index contributed by atoms with van der Waals surface area (Å²) in [7, 11) is 0. The van der Waals surface area contributed by atoms with Gasteiger partial charge in [0.25, 0.3) is 0 Å². The van der Waals surface area contributed by atoms with E-state index in [9.17, 15) is 14.7 Å². The van der Waals surface area contributed by atoms with Crippen molar-refractivity contribution in [3.8, 4) is 11.3 Å². The molecule has 1 N–H and O–H groups in total. The predicted octanol–water partition coefficient (Wildman–Crippen LogP) is 3.51. The largest absolute Gasteiger partial charge is 0.478 e. The standard InChI is InChI=1S/C21H25N3O3/c1-13-22-17(14-6-5-7-15(10-14)19(25)26)11-18(23-13)16-8-9-24(12-16)20(27)21(2,3)4/h5-7,10-11,16H,8-9,12H2,1-4H3,(H,25,26)/t16-/m0/s1. The minimum atomic E-state index is -0.963. The van der Waals surface area contributed by atoms with Crippen LogP contribution in [0.1, 0.15) is 55.0 Å². The molecule has 6 heteroatoms. The fraction of sp³-hybridized carbons (Fsp3) is 0.429. The summed E-state index contributed by atoms with van der Waals surface area (Å²) in [6.45, 7) is 9.02. The van der Waals surface area contributed by atoms with Gasteiger partial charge in [0.1, 0.15) is 5.82 Å². The topological polar surface area (TPSA) is 83.4 Å². The number of amides is 1. The van der Waals surface area contributed by atoms with Gasteiger partial charge in [-0.05, 0) is 31.5 Å². The Kier molecular flexibility index (Phi) is 5.00. The Morgan fingerprint density at radius 3 is 2.59 bits per heavy atom. The van der Waals surface area contributed by atoms with Crippen LogP contribution in [0.3, 0.4) is 0 Å². The zero-order valence-electron chi connectivity index (χ0n) is 16.2.